The van der Waals surface area contributed by atoms with Gasteiger partial charge in [-0.3, -0.25) is 4.57 Å². The fourth-order valence-corrected chi connectivity index (χ4v) is 10.9. The van der Waals surface area contributed by atoms with E-state index in [1.807, 2.05) is 18.2 Å². The monoisotopic (exact) mass is 821 g/mol. The third-order valence-corrected chi connectivity index (χ3v) is 13.6. The van der Waals surface area contributed by atoms with Gasteiger partial charge in [-0.25, -0.2) is 4.98 Å². The van der Waals surface area contributed by atoms with Gasteiger partial charge < -0.3 is 4.57 Å². The average Bonchev–Trinajstić information content (AvgIpc) is 4.02. The Morgan fingerprint density at radius 1 is 0.333 bits per heavy atom. The summed E-state index contributed by atoms with van der Waals surface area (Å²) in [7, 11) is 0. The van der Waals surface area contributed by atoms with Crippen LogP contribution in [0.2, 0.25) is 0 Å². The fourth-order valence-electron chi connectivity index (χ4n) is 9.68. The lowest BCUT2D eigenvalue weighted by Gasteiger charge is -2.19. The predicted molar refractivity (Wildman–Crippen MR) is 263 cm³/mol. The van der Waals surface area contributed by atoms with Crippen molar-refractivity contribution in [2.75, 3.05) is 0 Å². The molecule has 9 aromatic carbocycles. The summed E-state index contributed by atoms with van der Waals surface area (Å²) in [5, 5.41) is 7.01. The molecular weight excluding hydrogens is 787 g/mol. The van der Waals surface area contributed by atoms with Crippen molar-refractivity contribution in [1.29, 1.82) is 0 Å². The van der Waals surface area contributed by atoms with Crippen molar-refractivity contribution in [2.24, 2.45) is 0 Å². The Morgan fingerprint density at radius 3 is 1.57 bits per heavy atom. The summed E-state index contributed by atoms with van der Waals surface area (Å²) < 4.78 is 7.16. The van der Waals surface area contributed by atoms with E-state index >= 15 is 0 Å². The normalized spacial score (nSPS) is 11.8. The van der Waals surface area contributed by atoms with Gasteiger partial charge in [-0.2, -0.15) is 9.97 Å². The minimum atomic E-state index is 0.564. The lowest BCUT2D eigenvalue weighted by Crippen LogP contribution is -2.07. The second-order valence-electron chi connectivity index (χ2n) is 15.9. The largest absolute Gasteiger partial charge is 0.307 e. The molecule has 0 atom stereocenters. The van der Waals surface area contributed by atoms with E-state index in [9.17, 15) is 0 Å². The molecule has 5 nitrogen and oxygen atoms in total. The molecule has 0 aliphatic rings. The number of hydrogen-bond acceptors (Lipinski definition) is 4. The van der Waals surface area contributed by atoms with Crippen LogP contribution >= 0.6 is 11.3 Å². The van der Waals surface area contributed by atoms with E-state index in [-0.39, 0.29) is 0 Å². The molecule has 0 saturated heterocycles. The minimum absolute atomic E-state index is 0.564. The molecule has 0 saturated carbocycles. The summed E-state index contributed by atoms with van der Waals surface area (Å²) in [6.45, 7) is 0. The zero-order valence-electron chi connectivity index (χ0n) is 33.9. The van der Waals surface area contributed by atoms with Gasteiger partial charge in [-0.15, -0.1) is 11.3 Å². The van der Waals surface area contributed by atoms with Crippen molar-refractivity contribution in [1.82, 2.24) is 24.1 Å². The number of nitrogens with zero attached hydrogens (tertiary/aromatic N) is 5. The Bertz CT molecular complexity index is 3900. The number of rotatable bonds is 6. The lowest BCUT2D eigenvalue weighted by atomic mass is 9.93. The highest BCUT2D eigenvalue weighted by atomic mass is 32.1. The molecule has 13 rings (SSSR count). The van der Waals surface area contributed by atoms with Gasteiger partial charge in [0.05, 0.1) is 27.8 Å². The fraction of sp³-hybridized carbons (Fsp3) is 0. The first-order valence-electron chi connectivity index (χ1n) is 21.2. The predicted octanol–water partition coefficient (Wildman–Crippen LogP) is 15.1. The molecule has 0 fully saturated rings. The molecule has 0 N–H and O–H groups in total. The Balaban J connectivity index is 1.18. The third kappa shape index (κ3) is 5.52. The van der Waals surface area contributed by atoms with Gasteiger partial charge in [0.2, 0.25) is 5.95 Å². The van der Waals surface area contributed by atoms with E-state index in [1.54, 1.807) is 11.3 Å². The summed E-state index contributed by atoms with van der Waals surface area (Å²) >= 11 is 1.79. The van der Waals surface area contributed by atoms with Gasteiger partial charge in [-0.1, -0.05) is 182 Å². The van der Waals surface area contributed by atoms with Gasteiger partial charge in [0, 0.05) is 58.4 Å². The maximum atomic E-state index is 5.51. The summed E-state index contributed by atoms with van der Waals surface area (Å²) in [5.74, 6) is 1.82. The van der Waals surface area contributed by atoms with E-state index in [2.05, 4.69) is 203 Å². The van der Waals surface area contributed by atoms with Crippen molar-refractivity contribution >= 4 is 75.1 Å². The summed E-state index contributed by atoms with van der Waals surface area (Å²) in [5.41, 5.74) is 11.9. The van der Waals surface area contributed by atoms with E-state index < -0.39 is 0 Å². The van der Waals surface area contributed by atoms with Crippen molar-refractivity contribution in [2.45, 2.75) is 0 Å². The molecule has 0 spiro atoms. The molecule has 0 aliphatic carbocycles. The van der Waals surface area contributed by atoms with Crippen molar-refractivity contribution in [3.63, 3.8) is 0 Å². The van der Waals surface area contributed by atoms with Crippen LogP contribution in [-0.4, -0.2) is 24.1 Å². The molecule has 63 heavy (non-hydrogen) atoms. The van der Waals surface area contributed by atoms with Crippen LogP contribution in [-0.2, 0) is 0 Å². The number of para-hydroxylation sites is 2. The van der Waals surface area contributed by atoms with Crippen molar-refractivity contribution in [3.8, 4) is 56.7 Å². The molecule has 0 bridgehead atoms. The first kappa shape index (κ1) is 35.6. The van der Waals surface area contributed by atoms with E-state index in [0.29, 0.717) is 17.6 Å². The van der Waals surface area contributed by atoms with Gasteiger partial charge in [0.1, 0.15) is 0 Å². The molecule has 0 radical (unpaired) electrons. The molecule has 0 aliphatic heterocycles. The maximum Gasteiger partial charge on any atom is 0.238 e. The highest BCUT2D eigenvalue weighted by molar-refractivity contribution is 7.26. The quantitative estimate of drug-likeness (QED) is 0.168. The average molecular weight is 822 g/mol. The molecule has 4 heterocycles. The van der Waals surface area contributed by atoms with E-state index in [1.165, 1.54) is 26.4 Å². The van der Waals surface area contributed by atoms with Gasteiger partial charge >= 0.3 is 0 Å². The van der Waals surface area contributed by atoms with Crippen LogP contribution in [0.5, 0.6) is 0 Å². The van der Waals surface area contributed by atoms with Crippen LogP contribution in [0.25, 0.3) is 120 Å². The lowest BCUT2D eigenvalue weighted by molar-refractivity contribution is 0.954. The van der Waals surface area contributed by atoms with Crippen molar-refractivity contribution < 1.29 is 0 Å². The molecule has 6 heteroatoms. The zero-order chi connectivity index (χ0) is 41.4. The molecule has 0 amide bonds. The van der Waals surface area contributed by atoms with Crippen LogP contribution in [0.1, 0.15) is 0 Å². The summed E-state index contributed by atoms with van der Waals surface area (Å²) in [4.78, 5) is 16.2. The highest BCUT2D eigenvalue weighted by Crippen LogP contribution is 2.46. The topological polar surface area (TPSA) is 48.5 Å². The van der Waals surface area contributed by atoms with Crippen molar-refractivity contribution in [3.05, 3.63) is 212 Å². The molecule has 13 aromatic rings. The zero-order valence-corrected chi connectivity index (χ0v) is 34.7. The van der Waals surface area contributed by atoms with Gasteiger partial charge in [0.15, 0.2) is 11.6 Å². The number of fused-ring (bicyclic) bond motifs is 10. The number of aromatic nitrogens is 5. The Labute approximate surface area is 366 Å². The third-order valence-electron chi connectivity index (χ3n) is 12.4. The molecule has 4 aromatic heterocycles. The van der Waals surface area contributed by atoms with E-state index in [0.717, 1.165) is 76.4 Å². The molecule has 0 unspecified atom stereocenters. The van der Waals surface area contributed by atoms with E-state index in [4.69, 9.17) is 15.0 Å². The van der Waals surface area contributed by atoms with Crippen LogP contribution < -0.4 is 0 Å². The Kier molecular flexibility index (Phi) is 8.01. The molecular formula is C57H35N5S. The standard InChI is InChI=1S/C57H35N5S/c1-4-18-36(19-5-1)39-27-17-32-49(51(39)37-20-6-2-7-21-37)61-47-30-13-10-24-40(47)43-34-35-44-41-25-11-14-31-48(41)62(53(44)52(43)61)57-59-55(38-22-8-3-9-23-38)58-56(60-57)46-29-16-28-45-42-26-12-15-33-50(42)63-54(45)46/h1-35H. The summed E-state index contributed by atoms with van der Waals surface area (Å²) in [6.07, 6.45) is 0. The van der Waals surface area contributed by atoms with Crippen LogP contribution in [0, 0.1) is 0 Å². The number of thiophene rings is 1. The smallest absolute Gasteiger partial charge is 0.238 e. The SMILES string of the molecule is c1ccc(-c2nc(-c3cccc4c3sc3ccccc34)nc(-n3c4ccccc4c4ccc5c6ccccc6n(-c6cccc(-c7ccccc7)c6-c6ccccc6)c5c43)n2)cc1. The van der Waals surface area contributed by atoms with Crippen LogP contribution in [0.3, 0.4) is 0 Å². The van der Waals surface area contributed by atoms with Gasteiger partial charge in [0.25, 0.3) is 0 Å². The summed E-state index contributed by atoms with van der Waals surface area (Å²) in [6, 6.07) is 75.6. The Morgan fingerprint density at radius 2 is 0.857 bits per heavy atom. The second-order valence-corrected chi connectivity index (χ2v) is 17.0. The van der Waals surface area contributed by atoms with Crippen LogP contribution in [0.4, 0.5) is 0 Å². The first-order chi connectivity index (χ1) is 31.3. The van der Waals surface area contributed by atoms with Gasteiger partial charge in [-0.05, 0) is 47.0 Å². The molecule has 294 valence electrons. The van der Waals surface area contributed by atoms with Crippen LogP contribution in [0.15, 0.2) is 212 Å². The number of hydrogen-bond donors (Lipinski definition) is 0. The number of benzene rings is 9. The second kappa shape index (κ2) is 14.2. The first-order valence-corrected chi connectivity index (χ1v) is 22.0. The maximum absolute atomic E-state index is 5.51. The minimum Gasteiger partial charge on any atom is -0.307 e. The Hall–Kier alpha value is -8.19. The highest BCUT2D eigenvalue weighted by Gasteiger charge is 2.26.